The van der Waals surface area contributed by atoms with Crippen molar-refractivity contribution in [3.8, 4) is 0 Å². The van der Waals surface area contributed by atoms with Crippen LogP contribution in [-0.2, 0) is 9.53 Å². The average Bonchev–Trinajstić information content (AvgIpc) is 2.89. The fourth-order valence-corrected chi connectivity index (χ4v) is 4.24. The number of amides is 1. The summed E-state index contributed by atoms with van der Waals surface area (Å²) in [5.41, 5.74) is 0.968. The number of esters is 1. The Morgan fingerprint density at radius 3 is 2.80 bits per heavy atom. The van der Waals surface area contributed by atoms with E-state index in [1.165, 1.54) is 7.11 Å². The van der Waals surface area contributed by atoms with Crippen LogP contribution in [0.15, 0.2) is 23.1 Å². The predicted molar refractivity (Wildman–Crippen MR) is 78.0 cm³/mol. The Morgan fingerprint density at radius 2 is 2.10 bits per heavy atom. The van der Waals surface area contributed by atoms with Crippen LogP contribution in [0.4, 0.5) is 5.69 Å². The zero-order chi connectivity index (χ0) is 14.2. The molecule has 1 spiro atoms. The summed E-state index contributed by atoms with van der Waals surface area (Å²) in [7, 11) is 1.36. The number of methoxy groups -OCH3 is 1. The van der Waals surface area contributed by atoms with Crippen molar-refractivity contribution in [2.75, 3.05) is 18.2 Å². The fourth-order valence-electron chi connectivity index (χ4n) is 2.96. The van der Waals surface area contributed by atoms with Gasteiger partial charge in [0, 0.05) is 10.6 Å². The molecule has 0 unspecified atom stereocenters. The molecule has 1 amide bonds. The Morgan fingerprint density at radius 1 is 1.35 bits per heavy atom. The third kappa shape index (κ3) is 2.20. The third-order valence-corrected chi connectivity index (χ3v) is 5.56. The minimum atomic E-state index is -0.383. The molecular weight excluding hydrogens is 274 g/mol. The van der Waals surface area contributed by atoms with E-state index >= 15 is 0 Å². The first-order chi connectivity index (χ1) is 9.64. The maximum absolute atomic E-state index is 12.5. The number of anilines is 1. The molecule has 1 aromatic rings. The number of nitrogens with one attached hydrogen (secondary N) is 1. The molecule has 1 aliphatic carbocycles. The second kappa shape index (κ2) is 5.13. The second-order valence-electron chi connectivity index (χ2n) is 5.43. The van der Waals surface area contributed by atoms with E-state index in [9.17, 15) is 9.59 Å². The van der Waals surface area contributed by atoms with E-state index in [4.69, 9.17) is 4.74 Å². The van der Waals surface area contributed by atoms with Crippen LogP contribution in [0.3, 0.4) is 0 Å². The van der Waals surface area contributed by atoms with Gasteiger partial charge in [0.2, 0.25) is 5.91 Å². The lowest BCUT2D eigenvalue weighted by atomic mass is 9.87. The van der Waals surface area contributed by atoms with Gasteiger partial charge in [-0.15, -0.1) is 11.8 Å². The van der Waals surface area contributed by atoms with Crippen LogP contribution in [0.25, 0.3) is 0 Å². The number of ether oxygens (including phenoxy) is 1. The highest BCUT2D eigenvalue weighted by molar-refractivity contribution is 7.99. The standard InChI is InChI=1S/C15H17NO3S/c1-19-13(17)10-4-5-12-11(8-10)16-14(18)15(9-20-12)6-2-3-7-15/h4-5,8H,2-3,6-7,9H2,1H3,(H,16,18). The van der Waals surface area contributed by atoms with Crippen LogP contribution >= 0.6 is 11.8 Å². The predicted octanol–water partition coefficient (Wildman–Crippen LogP) is 3.08. The Labute approximate surface area is 122 Å². The Bertz CT molecular complexity index is 564. The SMILES string of the molecule is COC(=O)c1ccc2c(c1)NC(=O)C1(CCCC1)CS2. The van der Waals surface area contributed by atoms with E-state index < -0.39 is 0 Å². The van der Waals surface area contributed by atoms with E-state index in [0.29, 0.717) is 5.56 Å². The van der Waals surface area contributed by atoms with Crippen molar-refractivity contribution in [2.45, 2.75) is 30.6 Å². The van der Waals surface area contributed by atoms with E-state index in [0.717, 1.165) is 42.0 Å². The smallest absolute Gasteiger partial charge is 0.337 e. The van der Waals surface area contributed by atoms with E-state index in [-0.39, 0.29) is 17.3 Å². The number of rotatable bonds is 1. The molecule has 3 rings (SSSR count). The lowest BCUT2D eigenvalue weighted by Gasteiger charge is -2.24. The highest BCUT2D eigenvalue weighted by atomic mass is 32.2. The molecule has 1 aliphatic heterocycles. The van der Waals surface area contributed by atoms with Gasteiger partial charge >= 0.3 is 5.97 Å². The lowest BCUT2D eigenvalue weighted by Crippen LogP contribution is -2.34. The first-order valence-electron chi connectivity index (χ1n) is 6.81. The van der Waals surface area contributed by atoms with Crippen molar-refractivity contribution in [3.63, 3.8) is 0 Å². The summed E-state index contributed by atoms with van der Waals surface area (Å²) < 4.78 is 4.72. The van der Waals surface area contributed by atoms with Crippen molar-refractivity contribution in [1.82, 2.24) is 0 Å². The van der Waals surface area contributed by atoms with Gasteiger partial charge < -0.3 is 10.1 Å². The molecule has 2 aliphatic rings. The minimum Gasteiger partial charge on any atom is -0.465 e. The van der Waals surface area contributed by atoms with Crippen LogP contribution in [0, 0.1) is 5.41 Å². The Hall–Kier alpha value is -1.49. The molecule has 1 N–H and O–H groups in total. The van der Waals surface area contributed by atoms with Gasteiger partial charge in [-0.05, 0) is 31.0 Å². The molecule has 5 heteroatoms. The molecule has 4 nitrogen and oxygen atoms in total. The molecule has 106 valence electrons. The van der Waals surface area contributed by atoms with Crippen LogP contribution < -0.4 is 5.32 Å². The third-order valence-electron chi connectivity index (χ3n) is 4.20. The monoisotopic (exact) mass is 291 g/mol. The van der Waals surface area contributed by atoms with E-state index in [2.05, 4.69) is 5.32 Å². The molecule has 1 saturated carbocycles. The van der Waals surface area contributed by atoms with Crippen LogP contribution in [0.5, 0.6) is 0 Å². The minimum absolute atomic E-state index is 0.100. The van der Waals surface area contributed by atoms with E-state index in [1.807, 2.05) is 6.07 Å². The number of carbonyl (C=O) groups is 2. The normalized spacial score (nSPS) is 20.1. The van der Waals surface area contributed by atoms with Gasteiger partial charge in [-0.1, -0.05) is 12.8 Å². The number of carbonyl (C=O) groups excluding carboxylic acids is 2. The van der Waals surface area contributed by atoms with Crippen LogP contribution in [-0.4, -0.2) is 24.7 Å². The van der Waals surface area contributed by atoms with Crippen molar-refractivity contribution >= 4 is 29.3 Å². The largest absolute Gasteiger partial charge is 0.465 e. The molecule has 0 radical (unpaired) electrons. The first-order valence-corrected chi connectivity index (χ1v) is 7.80. The van der Waals surface area contributed by atoms with Gasteiger partial charge in [-0.25, -0.2) is 4.79 Å². The summed E-state index contributed by atoms with van der Waals surface area (Å²) in [5.74, 6) is 0.541. The van der Waals surface area contributed by atoms with Crippen molar-refractivity contribution in [3.05, 3.63) is 23.8 Å². The average molecular weight is 291 g/mol. The Kier molecular flexibility index (Phi) is 3.46. The molecule has 0 aromatic heterocycles. The summed E-state index contributed by atoms with van der Waals surface area (Å²) in [4.78, 5) is 25.1. The summed E-state index contributed by atoms with van der Waals surface area (Å²) in [6, 6.07) is 5.34. The maximum atomic E-state index is 12.5. The number of thioether (sulfide) groups is 1. The van der Waals surface area contributed by atoms with Gasteiger partial charge in [-0.3, -0.25) is 4.79 Å². The van der Waals surface area contributed by atoms with Gasteiger partial charge in [-0.2, -0.15) is 0 Å². The molecule has 1 fully saturated rings. The molecule has 20 heavy (non-hydrogen) atoms. The van der Waals surface area contributed by atoms with Gasteiger partial charge in [0.15, 0.2) is 0 Å². The van der Waals surface area contributed by atoms with Crippen molar-refractivity contribution in [2.24, 2.45) is 5.41 Å². The van der Waals surface area contributed by atoms with Crippen molar-refractivity contribution in [1.29, 1.82) is 0 Å². The molecule has 0 atom stereocenters. The molecule has 1 heterocycles. The Balaban J connectivity index is 1.92. The molecule has 1 aromatic carbocycles. The second-order valence-corrected chi connectivity index (χ2v) is 6.45. The quantitative estimate of drug-likeness (QED) is 0.808. The van der Waals surface area contributed by atoms with Crippen molar-refractivity contribution < 1.29 is 14.3 Å². The van der Waals surface area contributed by atoms with Gasteiger partial charge in [0.05, 0.1) is 23.8 Å². The van der Waals surface area contributed by atoms with E-state index in [1.54, 1.807) is 23.9 Å². The number of benzene rings is 1. The topological polar surface area (TPSA) is 55.4 Å². The lowest BCUT2D eigenvalue weighted by molar-refractivity contribution is -0.124. The number of hydrogen-bond acceptors (Lipinski definition) is 4. The summed E-state index contributed by atoms with van der Waals surface area (Å²) in [6.07, 6.45) is 4.17. The summed E-state index contributed by atoms with van der Waals surface area (Å²) >= 11 is 1.70. The fraction of sp³-hybridized carbons (Fsp3) is 0.467. The molecular formula is C15H17NO3S. The maximum Gasteiger partial charge on any atom is 0.337 e. The van der Waals surface area contributed by atoms with Crippen LogP contribution in [0.2, 0.25) is 0 Å². The molecule has 0 bridgehead atoms. The number of fused-ring (bicyclic) bond motifs is 1. The number of hydrogen-bond donors (Lipinski definition) is 1. The zero-order valence-electron chi connectivity index (χ0n) is 11.4. The highest BCUT2D eigenvalue weighted by Gasteiger charge is 2.42. The van der Waals surface area contributed by atoms with Crippen LogP contribution in [0.1, 0.15) is 36.0 Å². The van der Waals surface area contributed by atoms with Gasteiger partial charge in [0.25, 0.3) is 0 Å². The van der Waals surface area contributed by atoms with Gasteiger partial charge in [0.1, 0.15) is 0 Å². The summed E-state index contributed by atoms with van der Waals surface area (Å²) in [5, 5.41) is 3.01. The highest BCUT2D eigenvalue weighted by Crippen LogP contribution is 2.46. The molecule has 0 saturated heterocycles. The summed E-state index contributed by atoms with van der Waals surface area (Å²) in [6.45, 7) is 0. The first kappa shape index (κ1) is 13.5. The zero-order valence-corrected chi connectivity index (χ0v) is 12.2.